The van der Waals surface area contributed by atoms with E-state index in [-0.39, 0.29) is 5.97 Å². The third kappa shape index (κ3) is 3.57. The molecule has 0 N–H and O–H groups in total. The molecule has 0 aromatic carbocycles. The van der Waals surface area contributed by atoms with E-state index in [1.807, 2.05) is 6.92 Å². The molecule has 1 fully saturated rings. The van der Waals surface area contributed by atoms with Crippen molar-refractivity contribution in [2.75, 3.05) is 6.61 Å². The molecule has 0 heterocycles. The molecule has 0 spiro atoms. The SMILES string of the molecule is CCCCC1CCCC1(O[SiH](C)C)C(=O)OCC. The maximum atomic E-state index is 12.4. The second-order valence-corrected chi connectivity index (χ2v) is 7.84. The zero-order chi connectivity index (χ0) is 13.6. The van der Waals surface area contributed by atoms with Gasteiger partial charge < -0.3 is 9.16 Å². The molecule has 0 bridgehead atoms. The maximum absolute atomic E-state index is 12.4. The van der Waals surface area contributed by atoms with Gasteiger partial charge in [0.25, 0.3) is 0 Å². The molecule has 2 unspecified atom stereocenters. The number of ether oxygens (including phenoxy) is 1. The number of esters is 1. The standard InChI is InChI=1S/C14H28O3Si/c1-5-7-9-12-10-8-11-14(12,17-18(3)4)13(15)16-6-2/h12,18H,5-11H2,1-4H3. The first kappa shape index (κ1) is 15.7. The summed E-state index contributed by atoms with van der Waals surface area (Å²) in [5.74, 6) is 0.260. The van der Waals surface area contributed by atoms with Crippen molar-refractivity contribution in [3.63, 3.8) is 0 Å². The molecule has 0 aromatic heterocycles. The smallest absolute Gasteiger partial charge is 0.337 e. The van der Waals surface area contributed by atoms with Gasteiger partial charge in [-0.1, -0.05) is 19.8 Å². The molecule has 18 heavy (non-hydrogen) atoms. The third-order valence-corrected chi connectivity index (χ3v) is 4.63. The predicted octanol–water partition coefficient (Wildman–Crippen LogP) is 3.28. The van der Waals surface area contributed by atoms with Gasteiger partial charge in [0.2, 0.25) is 0 Å². The van der Waals surface area contributed by atoms with Crippen LogP contribution < -0.4 is 0 Å². The second kappa shape index (κ2) is 7.29. The molecule has 1 aliphatic carbocycles. The van der Waals surface area contributed by atoms with Gasteiger partial charge in [-0.15, -0.1) is 0 Å². The Morgan fingerprint density at radius 1 is 1.39 bits per heavy atom. The van der Waals surface area contributed by atoms with Gasteiger partial charge in [-0.3, -0.25) is 0 Å². The predicted molar refractivity (Wildman–Crippen MR) is 76.2 cm³/mol. The average molecular weight is 272 g/mol. The molecule has 4 heteroatoms. The van der Waals surface area contributed by atoms with Crippen molar-refractivity contribution in [2.24, 2.45) is 5.92 Å². The summed E-state index contributed by atoms with van der Waals surface area (Å²) in [6.07, 6.45) is 6.50. The Morgan fingerprint density at radius 3 is 2.67 bits per heavy atom. The Bertz CT molecular complexity index is 268. The van der Waals surface area contributed by atoms with E-state index in [2.05, 4.69) is 20.0 Å². The molecule has 0 aromatic rings. The second-order valence-electron chi connectivity index (χ2n) is 5.51. The van der Waals surface area contributed by atoms with Crippen molar-refractivity contribution in [2.45, 2.75) is 71.1 Å². The van der Waals surface area contributed by atoms with E-state index in [1.165, 1.54) is 12.8 Å². The summed E-state index contributed by atoms with van der Waals surface area (Å²) >= 11 is 0. The average Bonchev–Trinajstić information content (AvgIpc) is 2.70. The molecule has 1 saturated carbocycles. The lowest BCUT2D eigenvalue weighted by Crippen LogP contribution is -2.48. The summed E-state index contributed by atoms with van der Waals surface area (Å²) in [6.45, 7) is 8.78. The van der Waals surface area contributed by atoms with Crippen molar-refractivity contribution in [1.82, 2.24) is 0 Å². The number of carbonyl (C=O) groups excluding carboxylic acids is 1. The van der Waals surface area contributed by atoms with E-state index >= 15 is 0 Å². The van der Waals surface area contributed by atoms with Gasteiger partial charge in [-0.2, -0.15) is 0 Å². The summed E-state index contributed by atoms with van der Waals surface area (Å²) < 4.78 is 11.5. The van der Waals surface area contributed by atoms with Gasteiger partial charge in [0.1, 0.15) is 0 Å². The van der Waals surface area contributed by atoms with Gasteiger partial charge >= 0.3 is 5.97 Å². The minimum atomic E-state index is -1.25. The van der Waals surface area contributed by atoms with Crippen LogP contribution in [0.5, 0.6) is 0 Å². The quantitative estimate of drug-likeness (QED) is 0.527. The molecular formula is C14H28O3Si. The monoisotopic (exact) mass is 272 g/mol. The number of rotatable bonds is 7. The van der Waals surface area contributed by atoms with Crippen LogP contribution in [0.4, 0.5) is 0 Å². The summed E-state index contributed by atoms with van der Waals surface area (Å²) in [5, 5.41) is 0. The Labute approximate surface area is 113 Å². The van der Waals surface area contributed by atoms with E-state index in [4.69, 9.17) is 9.16 Å². The van der Waals surface area contributed by atoms with E-state index in [9.17, 15) is 4.79 Å². The molecule has 0 aliphatic heterocycles. The van der Waals surface area contributed by atoms with E-state index < -0.39 is 14.6 Å². The van der Waals surface area contributed by atoms with Gasteiger partial charge in [0.05, 0.1) is 6.61 Å². The summed E-state index contributed by atoms with van der Waals surface area (Å²) in [4.78, 5) is 12.4. The lowest BCUT2D eigenvalue weighted by molar-refractivity contribution is -0.166. The molecule has 0 amide bonds. The Balaban J connectivity index is 2.83. The van der Waals surface area contributed by atoms with Gasteiger partial charge in [0, 0.05) is 0 Å². The topological polar surface area (TPSA) is 35.5 Å². The van der Waals surface area contributed by atoms with Crippen molar-refractivity contribution >= 4 is 15.0 Å². The fraction of sp³-hybridized carbons (Fsp3) is 0.929. The van der Waals surface area contributed by atoms with Crippen LogP contribution in [0.3, 0.4) is 0 Å². The van der Waals surface area contributed by atoms with Crippen LogP contribution in [0.2, 0.25) is 13.1 Å². The fourth-order valence-electron chi connectivity index (χ4n) is 3.02. The van der Waals surface area contributed by atoms with Crippen molar-refractivity contribution in [3.05, 3.63) is 0 Å². The Kier molecular flexibility index (Phi) is 6.36. The molecule has 0 radical (unpaired) electrons. The van der Waals surface area contributed by atoms with Crippen molar-refractivity contribution in [3.8, 4) is 0 Å². The highest BCUT2D eigenvalue weighted by atomic mass is 28.3. The molecule has 3 nitrogen and oxygen atoms in total. The van der Waals surface area contributed by atoms with Crippen LogP contribution in [-0.2, 0) is 14.0 Å². The van der Waals surface area contributed by atoms with Gasteiger partial charge in [0.15, 0.2) is 14.6 Å². The Hall–Kier alpha value is -0.353. The maximum Gasteiger partial charge on any atom is 0.337 e. The Morgan fingerprint density at radius 2 is 2.11 bits per heavy atom. The van der Waals surface area contributed by atoms with Crippen LogP contribution in [-0.4, -0.2) is 27.2 Å². The third-order valence-electron chi connectivity index (χ3n) is 3.73. The minimum Gasteiger partial charge on any atom is -0.464 e. The van der Waals surface area contributed by atoms with Gasteiger partial charge in [-0.25, -0.2) is 4.79 Å². The first-order valence-corrected chi connectivity index (χ1v) is 10.2. The van der Waals surface area contributed by atoms with Gasteiger partial charge in [-0.05, 0) is 51.6 Å². The first-order valence-electron chi connectivity index (χ1n) is 7.41. The molecule has 2 atom stereocenters. The normalized spacial score (nSPS) is 27.7. The lowest BCUT2D eigenvalue weighted by Gasteiger charge is -2.35. The van der Waals surface area contributed by atoms with Crippen LogP contribution in [0.25, 0.3) is 0 Å². The highest BCUT2D eigenvalue weighted by molar-refractivity contribution is 6.48. The minimum absolute atomic E-state index is 0.107. The highest BCUT2D eigenvalue weighted by Crippen LogP contribution is 2.43. The van der Waals surface area contributed by atoms with E-state index in [0.717, 1.165) is 25.7 Å². The van der Waals surface area contributed by atoms with Crippen LogP contribution >= 0.6 is 0 Å². The summed E-state index contributed by atoms with van der Waals surface area (Å²) in [5.41, 5.74) is -0.606. The molecule has 1 rings (SSSR count). The van der Waals surface area contributed by atoms with Crippen molar-refractivity contribution in [1.29, 1.82) is 0 Å². The zero-order valence-corrected chi connectivity index (χ0v) is 13.5. The zero-order valence-electron chi connectivity index (χ0n) is 12.3. The summed E-state index contributed by atoms with van der Waals surface area (Å²) in [6, 6.07) is 0. The fourth-order valence-corrected chi connectivity index (χ4v) is 4.27. The van der Waals surface area contributed by atoms with Crippen LogP contribution in [0.15, 0.2) is 0 Å². The number of hydrogen-bond donors (Lipinski definition) is 0. The largest absolute Gasteiger partial charge is 0.464 e. The first-order chi connectivity index (χ1) is 8.56. The van der Waals surface area contributed by atoms with Crippen LogP contribution in [0.1, 0.15) is 52.4 Å². The van der Waals surface area contributed by atoms with E-state index in [0.29, 0.717) is 12.5 Å². The number of unbranched alkanes of at least 4 members (excludes halogenated alkanes) is 1. The van der Waals surface area contributed by atoms with E-state index in [1.54, 1.807) is 0 Å². The number of carbonyl (C=O) groups is 1. The number of hydrogen-bond acceptors (Lipinski definition) is 3. The molecule has 0 saturated heterocycles. The van der Waals surface area contributed by atoms with Crippen LogP contribution in [0, 0.1) is 5.92 Å². The summed E-state index contributed by atoms with van der Waals surface area (Å²) in [7, 11) is -1.25. The highest BCUT2D eigenvalue weighted by Gasteiger charge is 2.51. The molecule has 1 aliphatic rings. The lowest BCUT2D eigenvalue weighted by atomic mass is 9.87. The molecular weight excluding hydrogens is 244 g/mol. The van der Waals surface area contributed by atoms with Crippen molar-refractivity contribution < 1.29 is 14.0 Å². The molecule has 106 valence electrons.